The Kier molecular flexibility index (Phi) is 3.23. The van der Waals surface area contributed by atoms with E-state index in [9.17, 15) is 13.9 Å². The standard InChI is InChI=1S/C13H14F2N4O/c14-10-2-1-9(11(15)5-10)7-19-4-3-13(20,8-19)12-6-16-18-17-12/h1-2,5-6,20H,3-4,7-8H2,(H,16,17,18). The van der Waals surface area contributed by atoms with Gasteiger partial charge in [0.2, 0.25) is 0 Å². The number of nitrogens with zero attached hydrogens (tertiary/aromatic N) is 3. The molecule has 2 aromatic rings. The molecule has 0 aliphatic carbocycles. The summed E-state index contributed by atoms with van der Waals surface area (Å²) in [6, 6.07) is 3.53. The largest absolute Gasteiger partial charge is 0.382 e. The first-order valence-corrected chi connectivity index (χ1v) is 6.32. The number of β-amino-alcohol motifs (C(OH)–C–C–N with tert-alkyl or cyclic N) is 1. The van der Waals surface area contributed by atoms with Gasteiger partial charge in [0.1, 0.15) is 22.9 Å². The third-order valence-electron chi connectivity index (χ3n) is 3.63. The van der Waals surface area contributed by atoms with Crippen molar-refractivity contribution < 1.29 is 13.9 Å². The van der Waals surface area contributed by atoms with Gasteiger partial charge in [-0.1, -0.05) is 6.07 Å². The van der Waals surface area contributed by atoms with E-state index in [0.29, 0.717) is 37.3 Å². The van der Waals surface area contributed by atoms with Gasteiger partial charge in [-0.2, -0.15) is 15.4 Å². The molecule has 2 heterocycles. The predicted molar refractivity (Wildman–Crippen MR) is 66.5 cm³/mol. The lowest BCUT2D eigenvalue weighted by atomic mass is 10.00. The van der Waals surface area contributed by atoms with Crippen molar-refractivity contribution in [2.75, 3.05) is 13.1 Å². The molecule has 1 aromatic carbocycles. The summed E-state index contributed by atoms with van der Waals surface area (Å²) in [4.78, 5) is 1.91. The van der Waals surface area contributed by atoms with Crippen LogP contribution in [0.25, 0.3) is 0 Å². The topological polar surface area (TPSA) is 65.0 Å². The Hall–Kier alpha value is -1.86. The van der Waals surface area contributed by atoms with Crippen molar-refractivity contribution in [3.63, 3.8) is 0 Å². The van der Waals surface area contributed by atoms with Crippen molar-refractivity contribution in [3.05, 3.63) is 47.3 Å². The molecule has 2 N–H and O–H groups in total. The van der Waals surface area contributed by atoms with Gasteiger partial charge in [-0.25, -0.2) is 8.78 Å². The summed E-state index contributed by atoms with van der Waals surface area (Å²) in [6.45, 7) is 1.28. The van der Waals surface area contributed by atoms with Crippen molar-refractivity contribution in [2.45, 2.75) is 18.6 Å². The first-order chi connectivity index (χ1) is 9.57. The first-order valence-electron chi connectivity index (χ1n) is 6.32. The minimum absolute atomic E-state index is 0.326. The summed E-state index contributed by atoms with van der Waals surface area (Å²) in [5, 5.41) is 20.6. The minimum atomic E-state index is -1.07. The molecule has 1 atom stereocenters. The van der Waals surface area contributed by atoms with Crippen LogP contribution in [0.5, 0.6) is 0 Å². The number of nitrogens with one attached hydrogen (secondary N) is 1. The van der Waals surface area contributed by atoms with E-state index in [1.807, 2.05) is 4.90 Å². The Balaban J connectivity index is 1.72. The summed E-state index contributed by atoms with van der Waals surface area (Å²) in [5.74, 6) is -1.16. The van der Waals surface area contributed by atoms with Gasteiger partial charge in [0.25, 0.3) is 0 Å². The molecule has 0 amide bonds. The number of hydrogen-bond donors (Lipinski definition) is 2. The molecule has 1 fully saturated rings. The molecule has 0 spiro atoms. The molecule has 1 aliphatic heterocycles. The van der Waals surface area contributed by atoms with Crippen LogP contribution in [-0.2, 0) is 12.1 Å². The number of rotatable bonds is 3. The molecular weight excluding hydrogens is 266 g/mol. The fourth-order valence-electron chi connectivity index (χ4n) is 2.53. The molecule has 3 rings (SSSR count). The monoisotopic (exact) mass is 280 g/mol. The van der Waals surface area contributed by atoms with Crippen LogP contribution in [0.1, 0.15) is 17.7 Å². The highest BCUT2D eigenvalue weighted by atomic mass is 19.1. The van der Waals surface area contributed by atoms with Crippen molar-refractivity contribution >= 4 is 0 Å². The molecule has 0 radical (unpaired) electrons. The highest BCUT2D eigenvalue weighted by Crippen LogP contribution is 2.31. The van der Waals surface area contributed by atoms with Gasteiger partial charge in [-0.05, 0) is 12.5 Å². The van der Waals surface area contributed by atoms with E-state index in [1.54, 1.807) is 0 Å². The maximum atomic E-state index is 13.6. The van der Waals surface area contributed by atoms with Crippen molar-refractivity contribution in [1.29, 1.82) is 0 Å². The zero-order valence-electron chi connectivity index (χ0n) is 10.7. The van der Waals surface area contributed by atoms with Crippen LogP contribution in [0.4, 0.5) is 8.78 Å². The van der Waals surface area contributed by atoms with E-state index in [0.717, 1.165) is 6.07 Å². The van der Waals surface area contributed by atoms with Crippen LogP contribution in [0.3, 0.4) is 0 Å². The number of hydrogen-bond acceptors (Lipinski definition) is 4. The lowest BCUT2D eigenvalue weighted by molar-refractivity contribution is 0.0407. The number of likely N-dealkylation sites (tertiary alicyclic amines) is 1. The number of benzene rings is 1. The molecule has 20 heavy (non-hydrogen) atoms. The smallest absolute Gasteiger partial charge is 0.130 e. The third kappa shape index (κ3) is 2.41. The van der Waals surface area contributed by atoms with E-state index in [1.165, 1.54) is 18.3 Å². The highest BCUT2D eigenvalue weighted by Gasteiger charge is 2.39. The highest BCUT2D eigenvalue weighted by molar-refractivity contribution is 5.19. The molecule has 0 saturated carbocycles. The predicted octanol–water partition coefficient (Wildman–Crippen LogP) is 1.18. The molecule has 5 nitrogen and oxygen atoms in total. The zero-order valence-corrected chi connectivity index (χ0v) is 10.7. The average Bonchev–Trinajstić information content (AvgIpc) is 3.03. The Labute approximate surface area is 114 Å². The Morgan fingerprint density at radius 3 is 2.95 bits per heavy atom. The maximum Gasteiger partial charge on any atom is 0.130 e. The second-order valence-corrected chi connectivity index (χ2v) is 5.08. The quantitative estimate of drug-likeness (QED) is 0.886. The molecule has 1 aromatic heterocycles. The second-order valence-electron chi connectivity index (χ2n) is 5.08. The SMILES string of the molecule is OC1(c2cn[nH]n2)CCN(Cc2ccc(F)cc2F)C1. The van der Waals surface area contributed by atoms with Crippen molar-refractivity contribution in [1.82, 2.24) is 20.3 Å². The summed E-state index contributed by atoms with van der Waals surface area (Å²) in [6.07, 6.45) is 1.99. The summed E-state index contributed by atoms with van der Waals surface area (Å²) in [7, 11) is 0. The molecule has 7 heteroatoms. The van der Waals surface area contributed by atoms with Crippen molar-refractivity contribution in [2.24, 2.45) is 0 Å². The number of H-pyrrole nitrogens is 1. The number of aromatic amines is 1. The van der Waals surface area contributed by atoms with E-state index in [2.05, 4.69) is 15.4 Å². The molecule has 1 saturated heterocycles. The molecule has 1 aliphatic rings. The van der Waals surface area contributed by atoms with E-state index < -0.39 is 17.2 Å². The normalized spacial score (nSPS) is 23.4. The maximum absolute atomic E-state index is 13.6. The van der Waals surface area contributed by atoms with E-state index in [4.69, 9.17) is 0 Å². The van der Waals surface area contributed by atoms with Crippen LogP contribution in [0, 0.1) is 11.6 Å². The summed E-state index contributed by atoms with van der Waals surface area (Å²) >= 11 is 0. The Bertz CT molecular complexity index is 604. The van der Waals surface area contributed by atoms with Gasteiger partial charge < -0.3 is 5.11 Å². The third-order valence-corrected chi connectivity index (χ3v) is 3.63. The van der Waals surface area contributed by atoms with Crippen LogP contribution in [-0.4, -0.2) is 38.5 Å². The first kappa shape index (κ1) is 13.1. The van der Waals surface area contributed by atoms with Gasteiger partial charge in [-0.15, -0.1) is 0 Å². The lowest BCUT2D eigenvalue weighted by Crippen LogP contribution is -2.31. The van der Waals surface area contributed by atoms with Gasteiger partial charge in [0, 0.05) is 31.3 Å². The Morgan fingerprint density at radius 1 is 1.40 bits per heavy atom. The second kappa shape index (κ2) is 4.92. The number of aromatic nitrogens is 3. The average molecular weight is 280 g/mol. The van der Waals surface area contributed by atoms with Gasteiger partial charge in [0.05, 0.1) is 6.20 Å². The number of aliphatic hydroxyl groups is 1. The van der Waals surface area contributed by atoms with Crippen LogP contribution in [0.15, 0.2) is 24.4 Å². The summed E-state index contributed by atoms with van der Waals surface area (Å²) < 4.78 is 26.5. The number of halogens is 2. The fraction of sp³-hybridized carbons (Fsp3) is 0.385. The molecular formula is C13H14F2N4O. The fourth-order valence-corrected chi connectivity index (χ4v) is 2.53. The van der Waals surface area contributed by atoms with Crippen LogP contribution in [0.2, 0.25) is 0 Å². The minimum Gasteiger partial charge on any atom is -0.382 e. The van der Waals surface area contributed by atoms with Crippen LogP contribution >= 0.6 is 0 Å². The van der Waals surface area contributed by atoms with Gasteiger partial charge in [-0.3, -0.25) is 4.90 Å². The van der Waals surface area contributed by atoms with Gasteiger partial charge >= 0.3 is 0 Å². The van der Waals surface area contributed by atoms with Crippen molar-refractivity contribution in [3.8, 4) is 0 Å². The molecule has 1 unspecified atom stereocenters. The van der Waals surface area contributed by atoms with E-state index >= 15 is 0 Å². The summed E-state index contributed by atoms with van der Waals surface area (Å²) in [5.41, 5.74) is -0.167. The van der Waals surface area contributed by atoms with Gasteiger partial charge in [0.15, 0.2) is 0 Å². The molecule has 106 valence electrons. The zero-order chi connectivity index (χ0) is 14.2. The Morgan fingerprint density at radius 2 is 2.25 bits per heavy atom. The lowest BCUT2D eigenvalue weighted by Gasteiger charge is -2.21. The van der Waals surface area contributed by atoms with E-state index in [-0.39, 0.29) is 0 Å². The molecule has 0 bridgehead atoms. The van der Waals surface area contributed by atoms with Crippen LogP contribution < -0.4 is 0 Å².